The van der Waals surface area contributed by atoms with E-state index in [9.17, 15) is 22.4 Å². The molecule has 0 radical (unpaired) electrons. The Kier molecular flexibility index (Phi) is 9.42. The maximum atomic E-state index is 13.4. The molecule has 0 aliphatic carbocycles. The number of hydrogen-bond acceptors (Lipinski definition) is 4. The van der Waals surface area contributed by atoms with Crippen LogP contribution in [0.1, 0.15) is 32.8 Å². The van der Waals surface area contributed by atoms with Crippen LogP contribution in [-0.4, -0.2) is 50.0 Å². The van der Waals surface area contributed by atoms with E-state index in [2.05, 4.69) is 21.2 Å². The molecule has 0 aliphatic rings. The zero-order valence-corrected chi connectivity index (χ0v) is 21.5. The van der Waals surface area contributed by atoms with E-state index in [1.165, 1.54) is 29.2 Å². The predicted molar refractivity (Wildman–Crippen MR) is 131 cm³/mol. The summed E-state index contributed by atoms with van der Waals surface area (Å²) < 4.78 is 40.1. The van der Waals surface area contributed by atoms with Gasteiger partial charge in [-0.3, -0.25) is 13.9 Å². The van der Waals surface area contributed by atoms with Gasteiger partial charge in [-0.15, -0.1) is 0 Å². The summed E-state index contributed by atoms with van der Waals surface area (Å²) in [5.41, 5.74) is 0.940. The van der Waals surface area contributed by atoms with Gasteiger partial charge in [-0.1, -0.05) is 35.0 Å². The first kappa shape index (κ1) is 26.8. The van der Waals surface area contributed by atoms with E-state index in [1.54, 1.807) is 31.2 Å². The second-order valence-electron chi connectivity index (χ2n) is 7.89. The molecular formula is C23H29BrFN3O4S. The highest BCUT2D eigenvalue weighted by atomic mass is 79.9. The molecule has 2 atom stereocenters. The van der Waals surface area contributed by atoms with Gasteiger partial charge in [0.05, 0.1) is 11.9 Å². The quantitative estimate of drug-likeness (QED) is 0.497. The van der Waals surface area contributed by atoms with Gasteiger partial charge in [0.25, 0.3) is 0 Å². The molecule has 2 aromatic carbocycles. The van der Waals surface area contributed by atoms with E-state index in [0.29, 0.717) is 11.3 Å². The lowest BCUT2D eigenvalue weighted by atomic mass is 10.1. The third-order valence-corrected chi connectivity index (χ3v) is 6.90. The van der Waals surface area contributed by atoms with E-state index in [1.807, 2.05) is 13.8 Å². The fraction of sp³-hybridized carbons (Fsp3) is 0.391. The molecule has 2 aromatic rings. The summed E-state index contributed by atoms with van der Waals surface area (Å²) in [7, 11) is -3.79. The standard InChI is InChI=1S/C23H29BrFN3O4S/c1-5-16(2)26-23(30)17(3)27(14-18-6-10-20(25)11-7-18)22(29)15-28(33(4,31)32)21-12-8-19(24)9-13-21/h6-13,16-17H,5,14-15H2,1-4H3,(H,26,30)/t16-,17-/m1/s1. The largest absolute Gasteiger partial charge is 0.352 e. The number of sulfonamides is 1. The highest BCUT2D eigenvalue weighted by molar-refractivity contribution is 9.10. The Labute approximate surface area is 203 Å². The molecule has 0 unspecified atom stereocenters. The van der Waals surface area contributed by atoms with Crippen LogP contribution in [0.15, 0.2) is 53.0 Å². The first-order chi connectivity index (χ1) is 15.4. The van der Waals surface area contributed by atoms with Crippen LogP contribution in [0, 0.1) is 5.82 Å². The van der Waals surface area contributed by atoms with Crippen molar-refractivity contribution in [3.63, 3.8) is 0 Å². The van der Waals surface area contributed by atoms with Crippen molar-refractivity contribution in [3.8, 4) is 0 Å². The first-order valence-electron chi connectivity index (χ1n) is 10.5. The van der Waals surface area contributed by atoms with E-state index < -0.39 is 34.3 Å². The van der Waals surface area contributed by atoms with Crippen LogP contribution in [0.2, 0.25) is 0 Å². The smallest absolute Gasteiger partial charge is 0.244 e. The second-order valence-corrected chi connectivity index (χ2v) is 10.7. The van der Waals surface area contributed by atoms with Crippen LogP contribution >= 0.6 is 15.9 Å². The summed E-state index contributed by atoms with van der Waals surface area (Å²) in [4.78, 5) is 27.5. The van der Waals surface area contributed by atoms with Gasteiger partial charge in [0.1, 0.15) is 18.4 Å². The van der Waals surface area contributed by atoms with Gasteiger partial charge in [0.15, 0.2) is 0 Å². The molecule has 7 nitrogen and oxygen atoms in total. The van der Waals surface area contributed by atoms with Crippen molar-refractivity contribution in [1.82, 2.24) is 10.2 Å². The van der Waals surface area contributed by atoms with E-state index in [0.717, 1.165) is 21.5 Å². The van der Waals surface area contributed by atoms with Gasteiger partial charge in [-0.25, -0.2) is 12.8 Å². The lowest BCUT2D eigenvalue weighted by Gasteiger charge is -2.32. The van der Waals surface area contributed by atoms with Gasteiger partial charge in [0.2, 0.25) is 21.8 Å². The highest BCUT2D eigenvalue weighted by Gasteiger charge is 2.30. The van der Waals surface area contributed by atoms with Crippen LogP contribution in [0.5, 0.6) is 0 Å². The van der Waals surface area contributed by atoms with Crippen LogP contribution in [0.4, 0.5) is 10.1 Å². The number of nitrogens with one attached hydrogen (secondary N) is 1. The molecule has 0 bridgehead atoms. The zero-order valence-electron chi connectivity index (χ0n) is 19.1. The average Bonchev–Trinajstić information content (AvgIpc) is 2.76. The number of halogens is 2. The van der Waals surface area contributed by atoms with Crippen molar-refractivity contribution < 1.29 is 22.4 Å². The van der Waals surface area contributed by atoms with E-state index in [4.69, 9.17) is 0 Å². The molecule has 0 aromatic heterocycles. The van der Waals surface area contributed by atoms with Crippen LogP contribution in [0.3, 0.4) is 0 Å². The predicted octanol–water partition coefficient (Wildman–Crippen LogP) is 3.69. The van der Waals surface area contributed by atoms with Crippen molar-refractivity contribution in [3.05, 3.63) is 64.4 Å². The number of carbonyl (C=O) groups excluding carboxylic acids is 2. The Morgan fingerprint density at radius 2 is 1.64 bits per heavy atom. The fourth-order valence-corrected chi connectivity index (χ4v) is 4.17. The van der Waals surface area contributed by atoms with Crippen LogP contribution in [0.25, 0.3) is 0 Å². The monoisotopic (exact) mass is 541 g/mol. The Morgan fingerprint density at radius 3 is 2.15 bits per heavy atom. The number of rotatable bonds is 10. The van der Waals surface area contributed by atoms with E-state index in [-0.39, 0.29) is 18.5 Å². The van der Waals surface area contributed by atoms with Gasteiger partial charge in [-0.2, -0.15) is 0 Å². The van der Waals surface area contributed by atoms with Gasteiger partial charge < -0.3 is 10.2 Å². The molecule has 0 aliphatic heterocycles. The molecule has 10 heteroatoms. The molecule has 0 spiro atoms. The summed E-state index contributed by atoms with van der Waals surface area (Å²) in [6, 6.07) is 11.2. The summed E-state index contributed by atoms with van der Waals surface area (Å²) in [6.45, 7) is 4.91. The third-order valence-electron chi connectivity index (χ3n) is 5.23. The summed E-state index contributed by atoms with van der Waals surface area (Å²) >= 11 is 3.31. The minimum atomic E-state index is -3.79. The lowest BCUT2D eigenvalue weighted by molar-refractivity contribution is -0.139. The normalized spacial score (nSPS) is 13.2. The Hall–Kier alpha value is -2.46. The molecule has 0 heterocycles. The maximum absolute atomic E-state index is 13.4. The topological polar surface area (TPSA) is 86.8 Å². The number of benzene rings is 2. The minimum Gasteiger partial charge on any atom is -0.352 e. The lowest BCUT2D eigenvalue weighted by Crippen LogP contribution is -2.52. The molecule has 180 valence electrons. The molecule has 0 saturated carbocycles. The van der Waals surface area contributed by atoms with Crippen molar-refractivity contribution >= 4 is 43.5 Å². The van der Waals surface area contributed by atoms with Crippen LogP contribution in [-0.2, 0) is 26.2 Å². The molecule has 2 amide bonds. The SMILES string of the molecule is CC[C@@H](C)NC(=O)[C@@H](C)N(Cc1ccc(F)cc1)C(=O)CN(c1ccc(Br)cc1)S(C)(=O)=O. The maximum Gasteiger partial charge on any atom is 0.244 e. The molecule has 2 rings (SSSR count). The minimum absolute atomic E-state index is 0.0200. The van der Waals surface area contributed by atoms with Crippen LogP contribution < -0.4 is 9.62 Å². The zero-order chi connectivity index (χ0) is 24.8. The Bertz CT molecular complexity index is 1060. The molecule has 0 saturated heterocycles. The number of hydrogen-bond donors (Lipinski definition) is 1. The van der Waals surface area contributed by atoms with Crippen molar-refractivity contribution in [2.45, 2.75) is 45.8 Å². The number of nitrogens with zero attached hydrogens (tertiary/aromatic N) is 2. The Balaban J connectivity index is 2.36. The average molecular weight is 542 g/mol. The molecule has 33 heavy (non-hydrogen) atoms. The first-order valence-corrected chi connectivity index (χ1v) is 13.1. The summed E-state index contributed by atoms with van der Waals surface area (Å²) in [5.74, 6) is -1.33. The van der Waals surface area contributed by atoms with Gasteiger partial charge in [-0.05, 0) is 62.2 Å². The third kappa shape index (κ3) is 7.82. The van der Waals surface area contributed by atoms with Gasteiger partial charge >= 0.3 is 0 Å². The van der Waals surface area contributed by atoms with Crippen molar-refractivity contribution in [2.24, 2.45) is 0 Å². The number of carbonyl (C=O) groups is 2. The fourth-order valence-electron chi connectivity index (χ4n) is 3.06. The van der Waals surface area contributed by atoms with Crippen molar-refractivity contribution in [2.75, 3.05) is 17.1 Å². The Morgan fingerprint density at radius 1 is 1.06 bits per heavy atom. The number of amides is 2. The summed E-state index contributed by atoms with van der Waals surface area (Å²) in [6.07, 6.45) is 1.74. The molecule has 1 N–H and O–H groups in total. The summed E-state index contributed by atoms with van der Waals surface area (Å²) in [5, 5.41) is 2.85. The van der Waals surface area contributed by atoms with Gasteiger partial charge in [0, 0.05) is 17.1 Å². The highest BCUT2D eigenvalue weighted by Crippen LogP contribution is 2.21. The number of anilines is 1. The van der Waals surface area contributed by atoms with Crippen molar-refractivity contribution in [1.29, 1.82) is 0 Å². The molecular weight excluding hydrogens is 513 g/mol. The van der Waals surface area contributed by atoms with E-state index >= 15 is 0 Å². The molecule has 0 fully saturated rings. The second kappa shape index (κ2) is 11.6.